The number of amides is 2. The van der Waals surface area contributed by atoms with Gasteiger partial charge >= 0.3 is 5.97 Å². The number of carboxylic acids is 1. The highest BCUT2D eigenvalue weighted by Gasteiger charge is 2.24. The Bertz CT molecular complexity index is 810. The molecule has 0 radical (unpaired) electrons. The molecule has 2 aromatic rings. The fourth-order valence-electron chi connectivity index (χ4n) is 2.39. The third-order valence-corrected chi connectivity index (χ3v) is 3.67. The van der Waals surface area contributed by atoms with E-state index < -0.39 is 23.8 Å². The van der Waals surface area contributed by atoms with E-state index in [9.17, 15) is 19.5 Å². The van der Waals surface area contributed by atoms with Gasteiger partial charge in [0.05, 0.1) is 6.26 Å². The first-order valence-corrected chi connectivity index (χ1v) is 8.52. The van der Waals surface area contributed by atoms with Gasteiger partial charge in [-0.15, -0.1) is 0 Å². The van der Waals surface area contributed by atoms with E-state index in [4.69, 9.17) is 4.42 Å². The van der Waals surface area contributed by atoms with Crippen LogP contribution < -0.4 is 10.6 Å². The quantitative estimate of drug-likeness (QED) is 0.619. The van der Waals surface area contributed by atoms with E-state index in [1.54, 1.807) is 42.5 Å². The van der Waals surface area contributed by atoms with E-state index in [2.05, 4.69) is 10.6 Å². The van der Waals surface area contributed by atoms with Crippen molar-refractivity contribution in [2.45, 2.75) is 26.3 Å². The molecular weight excluding hydrogens is 348 g/mol. The number of rotatable bonds is 8. The Morgan fingerprint density at radius 3 is 2.37 bits per heavy atom. The van der Waals surface area contributed by atoms with Crippen molar-refractivity contribution in [1.82, 2.24) is 10.6 Å². The summed E-state index contributed by atoms with van der Waals surface area (Å²) in [6.07, 6.45) is 3.05. The molecule has 0 aliphatic heterocycles. The molecule has 1 heterocycles. The molecule has 0 bridgehead atoms. The Labute approximate surface area is 157 Å². The third kappa shape index (κ3) is 6.14. The SMILES string of the molecule is CC(C)C[C@H](NC(=O)/C(=C\c1ccco1)NC(=O)c1ccccc1)C(=O)O. The van der Waals surface area contributed by atoms with Crippen molar-refractivity contribution >= 4 is 23.9 Å². The maximum Gasteiger partial charge on any atom is 0.326 e. The number of carbonyl (C=O) groups is 3. The summed E-state index contributed by atoms with van der Waals surface area (Å²) in [4.78, 5) is 36.5. The Morgan fingerprint density at radius 1 is 1.11 bits per heavy atom. The van der Waals surface area contributed by atoms with Gasteiger partial charge in [0.25, 0.3) is 11.8 Å². The topological polar surface area (TPSA) is 109 Å². The van der Waals surface area contributed by atoms with E-state index in [0.717, 1.165) is 0 Å². The van der Waals surface area contributed by atoms with Gasteiger partial charge in [-0.05, 0) is 36.6 Å². The molecule has 0 spiro atoms. The van der Waals surface area contributed by atoms with Crippen LogP contribution in [0.2, 0.25) is 0 Å². The smallest absolute Gasteiger partial charge is 0.326 e. The molecule has 1 atom stereocenters. The molecule has 0 aliphatic rings. The average Bonchev–Trinajstić information content (AvgIpc) is 3.13. The summed E-state index contributed by atoms with van der Waals surface area (Å²) >= 11 is 0. The zero-order valence-electron chi connectivity index (χ0n) is 15.1. The zero-order chi connectivity index (χ0) is 19.8. The second-order valence-electron chi connectivity index (χ2n) is 6.39. The first kappa shape index (κ1) is 20.0. The highest BCUT2D eigenvalue weighted by Crippen LogP contribution is 2.10. The number of nitrogens with one attached hydrogen (secondary N) is 2. The zero-order valence-corrected chi connectivity index (χ0v) is 15.1. The van der Waals surface area contributed by atoms with Crippen LogP contribution in [0.4, 0.5) is 0 Å². The van der Waals surface area contributed by atoms with Gasteiger partial charge in [-0.1, -0.05) is 32.0 Å². The Balaban J connectivity index is 2.23. The van der Waals surface area contributed by atoms with Crippen molar-refractivity contribution < 1.29 is 23.9 Å². The number of furan rings is 1. The van der Waals surface area contributed by atoms with Crippen LogP contribution >= 0.6 is 0 Å². The Morgan fingerprint density at radius 2 is 1.81 bits per heavy atom. The van der Waals surface area contributed by atoms with Crippen molar-refractivity contribution in [3.05, 3.63) is 65.7 Å². The largest absolute Gasteiger partial charge is 0.480 e. The van der Waals surface area contributed by atoms with E-state index in [1.807, 2.05) is 13.8 Å². The number of benzene rings is 1. The summed E-state index contributed by atoms with van der Waals surface area (Å²) in [6.45, 7) is 3.72. The molecule has 0 saturated carbocycles. The van der Waals surface area contributed by atoms with Crippen molar-refractivity contribution in [3.8, 4) is 0 Å². The minimum Gasteiger partial charge on any atom is -0.480 e. The van der Waals surface area contributed by atoms with Crippen LogP contribution in [0.3, 0.4) is 0 Å². The number of carbonyl (C=O) groups excluding carboxylic acids is 2. The number of hydrogen-bond donors (Lipinski definition) is 3. The lowest BCUT2D eigenvalue weighted by Gasteiger charge is -2.18. The van der Waals surface area contributed by atoms with Gasteiger partial charge in [0.15, 0.2) is 0 Å². The molecule has 7 nitrogen and oxygen atoms in total. The van der Waals surface area contributed by atoms with Crippen molar-refractivity contribution in [2.24, 2.45) is 5.92 Å². The highest BCUT2D eigenvalue weighted by molar-refractivity contribution is 6.05. The molecule has 3 N–H and O–H groups in total. The Hall–Kier alpha value is -3.35. The maximum absolute atomic E-state index is 12.6. The molecule has 142 valence electrons. The van der Waals surface area contributed by atoms with Gasteiger partial charge < -0.3 is 20.2 Å². The van der Waals surface area contributed by atoms with Gasteiger partial charge in [0.2, 0.25) is 0 Å². The second kappa shape index (κ2) is 9.38. The van der Waals surface area contributed by atoms with Crippen LogP contribution in [0.25, 0.3) is 6.08 Å². The van der Waals surface area contributed by atoms with Gasteiger partial charge in [-0.3, -0.25) is 9.59 Å². The van der Waals surface area contributed by atoms with E-state index in [0.29, 0.717) is 11.3 Å². The standard InChI is InChI=1S/C20H22N2O5/c1-13(2)11-17(20(25)26)22-19(24)16(12-15-9-6-10-27-15)21-18(23)14-7-4-3-5-8-14/h3-10,12-13,17H,11H2,1-2H3,(H,21,23)(H,22,24)(H,25,26)/b16-12+/t17-/m0/s1. The average molecular weight is 370 g/mol. The van der Waals surface area contributed by atoms with Crippen LogP contribution in [0.1, 0.15) is 36.4 Å². The summed E-state index contributed by atoms with van der Waals surface area (Å²) in [5.74, 6) is -1.90. The van der Waals surface area contributed by atoms with Crippen molar-refractivity contribution in [1.29, 1.82) is 0 Å². The highest BCUT2D eigenvalue weighted by atomic mass is 16.4. The van der Waals surface area contributed by atoms with Crippen LogP contribution in [-0.4, -0.2) is 28.9 Å². The van der Waals surface area contributed by atoms with Crippen LogP contribution in [-0.2, 0) is 9.59 Å². The van der Waals surface area contributed by atoms with Gasteiger partial charge in [0.1, 0.15) is 17.5 Å². The van der Waals surface area contributed by atoms with Crippen LogP contribution in [0, 0.1) is 5.92 Å². The molecule has 2 amide bonds. The molecule has 0 unspecified atom stereocenters. The lowest BCUT2D eigenvalue weighted by atomic mass is 10.0. The molecule has 27 heavy (non-hydrogen) atoms. The fourth-order valence-corrected chi connectivity index (χ4v) is 2.39. The third-order valence-electron chi connectivity index (χ3n) is 3.67. The molecule has 0 aliphatic carbocycles. The lowest BCUT2D eigenvalue weighted by Crippen LogP contribution is -2.45. The second-order valence-corrected chi connectivity index (χ2v) is 6.39. The first-order valence-electron chi connectivity index (χ1n) is 8.52. The predicted octanol–water partition coefficient (Wildman–Crippen LogP) is 2.67. The number of aliphatic carboxylic acids is 1. The summed E-state index contributed by atoms with van der Waals surface area (Å²) in [5.41, 5.74) is 0.265. The summed E-state index contributed by atoms with van der Waals surface area (Å²) in [5, 5.41) is 14.3. The van der Waals surface area contributed by atoms with Gasteiger partial charge in [-0.25, -0.2) is 4.79 Å². The Kier molecular flexibility index (Phi) is 6.93. The number of carboxylic acid groups (broad SMARTS) is 1. The maximum atomic E-state index is 12.6. The summed E-state index contributed by atoms with van der Waals surface area (Å²) in [6, 6.07) is 10.6. The van der Waals surface area contributed by atoms with Gasteiger partial charge in [0, 0.05) is 11.6 Å². The molecule has 1 aromatic carbocycles. The summed E-state index contributed by atoms with van der Waals surface area (Å²) < 4.78 is 5.19. The predicted molar refractivity (Wildman–Crippen MR) is 99.6 cm³/mol. The monoisotopic (exact) mass is 370 g/mol. The summed E-state index contributed by atoms with van der Waals surface area (Å²) in [7, 11) is 0. The van der Waals surface area contributed by atoms with E-state index >= 15 is 0 Å². The molecule has 0 fully saturated rings. The minimum absolute atomic E-state index is 0.0720. The molecule has 2 rings (SSSR count). The van der Waals surface area contributed by atoms with E-state index in [1.165, 1.54) is 12.3 Å². The van der Waals surface area contributed by atoms with Crippen LogP contribution in [0.5, 0.6) is 0 Å². The van der Waals surface area contributed by atoms with Crippen molar-refractivity contribution in [3.63, 3.8) is 0 Å². The first-order chi connectivity index (χ1) is 12.9. The van der Waals surface area contributed by atoms with Gasteiger partial charge in [-0.2, -0.15) is 0 Å². The van der Waals surface area contributed by atoms with Crippen LogP contribution in [0.15, 0.2) is 58.8 Å². The molecule has 7 heteroatoms. The normalized spacial score (nSPS) is 12.5. The molecule has 1 aromatic heterocycles. The fraction of sp³-hybridized carbons (Fsp3) is 0.250. The van der Waals surface area contributed by atoms with E-state index in [-0.39, 0.29) is 18.0 Å². The molecular formula is C20H22N2O5. The molecule has 0 saturated heterocycles. The minimum atomic E-state index is -1.14. The lowest BCUT2D eigenvalue weighted by molar-refractivity contribution is -0.141. The number of hydrogen-bond acceptors (Lipinski definition) is 4. The van der Waals surface area contributed by atoms with Crippen molar-refractivity contribution in [2.75, 3.05) is 0 Å².